The Bertz CT molecular complexity index is 602. The van der Waals surface area contributed by atoms with E-state index in [1.54, 1.807) is 18.2 Å². The first-order valence-corrected chi connectivity index (χ1v) is 8.79. The van der Waals surface area contributed by atoms with Crippen LogP contribution in [0.1, 0.15) is 56.8 Å². The fourth-order valence-corrected chi connectivity index (χ4v) is 3.01. The number of carboxylic acid groups (broad SMARTS) is 1. The zero-order valence-corrected chi connectivity index (χ0v) is 15.2. The Hall–Kier alpha value is -2.24. The fraction of sp³-hybridized carbons (Fsp3) is 0.579. The van der Waals surface area contributed by atoms with Gasteiger partial charge < -0.3 is 20.5 Å². The van der Waals surface area contributed by atoms with Crippen molar-refractivity contribution in [2.45, 2.75) is 58.1 Å². The van der Waals surface area contributed by atoms with Crippen LogP contribution in [-0.4, -0.2) is 35.4 Å². The molecule has 25 heavy (non-hydrogen) atoms. The van der Waals surface area contributed by atoms with E-state index in [4.69, 9.17) is 9.84 Å². The highest BCUT2D eigenvalue weighted by Gasteiger charge is 2.24. The predicted molar refractivity (Wildman–Crippen MR) is 97.0 cm³/mol. The summed E-state index contributed by atoms with van der Waals surface area (Å²) < 4.78 is 5.29. The molecule has 3 N–H and O–H groups in total. The van der Waals surface area contributed by atoms with Crippen LogP contribution in [0, 0.1) is 5.92 Å². The van der Waals surface area contributed by atoms with E-state index in [0.717, 1.165) is 37.9 Å². The molecule has 1 saturated carbocycles. The van der Waals surface area contributed by atoms with E-state index < -0.39 is 11.6 Å². The Morgan fingerprint density at radius 3 is 2.48 bits per heavy atom. The minimum Gasteiger partial charge on any atom is -0.478 e. The number of benzene rings is 1. The second-order valence-corrected chi connectivity index (χ2v) is 7.63. The van der Waals surface area contributed by atoms with Gasteiger partial charge in [-0.1, -0.05) is 6.07 Å². The van der Waals surface area contributed by atoms with Gasteiger partial charge in [0.2, 0.25) is 0 Å². The molecule has 1 fully saturated rings. The minimum atomic E-state index is -0.919. The molecule has 0 heterocycles. The van der Waals surface area contributed by atoms with Gasteiger partial charge >= 0.3 is 12.1 Å². The van der Waals surface area contributed by atoms with Crippen LogP contribution in [0.15, 0.2) is 24.3 Å². The van der Waals surface area contributed by atoms with Crippen LogP contribution in [0.5, 0.6) is 0 Å². The molecule has 6 heteroatoms. The molecule has 0 aliphatic heterocycles. The molecule has 1 aliphatic rings. The van der Waals surface area contributed by atoms with Gasteiger partial charge in [0, 0.05) is 18.3 Å². The third kappa shape index (κ3) is 6.64. The standard InChI is InChI=1S/C19H28N2O4/c1-19(2,3)25-18(24)21-15-9-7-13(8-10-15)12-20-16-6-4-5-14(11-16)17(22)23/h4-6,11,13,15,20H,7-10,12H2,1-3H3,(H,21,24)(H,22,23)/t13-,15-. The quantitative estimate of drug-likeness (QED) is 0.751. The monoisotopic (exact) mass is 348 g/mol. The van der Waals surface area contributed by atoms with Crippen molar-refractivity contribution in [3.05, 3.63) is 29.8 Å². The van der Waals surface area contributed by atoms with Crippen molar-refractivity contribution in [1.82, 2.24) is 5.32 Å². The number of hydrogen-bond donors (Lipinski definition) is 3. The maximum Gasteiger partial charge on any atom is 0.407 e. The van der Waals surface area contributed by atoms with Crippen LogP contribution in [0.3, 0.4) is 0 Å². The molecular weight excluding hydrogens is 320 g/mol. The Labute approximate surface area is 149 Å². The van der Waals surface area contributed by atoms with E-state index in [1.807, 2.05) is 26.8 Å². The fourth-order valence-electron chi connectivity index (χ4n) is 3.01. The number of carbonyl (C=O) groups excluding carboxylic acids is 1. The summed E-state index contributed by atoms with van der Waals surface area (Å²) in [5.74, 6) is -0.400. The van der Waals surface area contributed by atoms with Crippen molar-refractivity contribution >= 4 is 17.7 Å². The second-order valence-electron chi connectivity index (χ2n) is 7.63. The number of nitrogens with one attached hydrogen (secondary N) is 2. The maximum atomic E-state index is 11.8. The number of rotatable bonds is 5. The molecule has 0 bridgehead atoms. The highest BCUT2D eigenvalue weighted by molar-refractivity contribution is 5.88. The molecule has 0 aromatic heterocycles. The van der Waals surface area contributed by atoms with Crippen molar-refractivity contribution in [2.75, 3.05) is 11.9 Å². The lowest BCUT2D eigenvalue weighted by molar-refractivity contribution is 0.0487. The Morgan fingerprint density at radius 1 is 1.20 bits per heavy atom. The van der Waals surface area contributed by atoms with Gasteiger partial charge in [-0.3, -0.25) is 0 Å². The summed E-state index contributed by atoms with van der Waals surface area (Å²) in [6.07, 6.45) is 3.55. The molecule has 0 spiro atoms. The van der Waals surface area contributed by atoms with Crippen LogP contribution in [0.4, 0.5) is 10.5 Å². The lowest BCUT2D eigenvalue weighted by atomic mass is 9.86. The van der Waals surface area contributed by atoms with E-state index in [-0.39, 0.29) is 17.7 Å². The zero-order chi connectivity index (χ0) is 18.4. The third-order valence-electron chi connectivity index (χ3n) is 4.27. The van der Waals surface area contributed by atoms with E-state index in [2.05, 4.69) is 10.6 Å². The van der Waals surface area contributed by atoms with Crippen LogP contribution in [0.2, 0.25) is 0 Å². The highest BCUT2D eigenvalue weighted by Crippen LogP contribution is 2.25. The van der Waals surface area contributed by atoms with Gasteiger partial charge in [-0.05, 0) is 70.6 Å². The number of amides is 1. The smallest absolute Gasteiger partial charge is 0.407 e. The Kier molecular flexibility index (Phi) is 6.28. The summed E-state index contributed by atoms with van der Waals surface area (Å²) in [4.78, 5) is 22.8. The Balaban J connectivity index is 1.73. The molecule has 2 rings (SSSR count). The van der Waals surface area contributed by atoms with Gasteiger partial charge in [0.05, 0.1) is 5.56 Å². The molecule has 1 aromatic carbocycles. The molecule has 6 nitrogen and oxygen atoms in total. The molecule has 1 aromatic rings. The number of hydrogen-bond acceptors (Lipinski definition) is 4. The molecule has 0 unspecified atom stereocenters. The van der Waals surface area contributed by atoms with E-state index >= 15 is 0 Å². The third-order valence-corrected chi connectivity index (χ3v) is 4.27. The van der Waals surface area contributed by atoms with Crippen molar-refractivity contribution in [3.8, 4) is 0 Å². The van der Waals surface area contributed by atoms with E-state index in [0.29, 0.717) is 5.92 Å². The molecule has 0 radical (unpaired) electrons. The Morgan fingerprint density at radius 2 is 1.88 bits per heavy atom. The highest BCUT2D eigenvalue weighted by atomic mass is 16.6. The number of carbonyl (C=O) groups is 2. The van der Waals surface area contributed by atoms with Crippen LogP contribution >= 0.6 is 0 Å². The number of alkyl carbamates (subject to hydrolysis) is 1. The minimum absolute atomic E-state index is 0.168. The average molecular weight is 348 g/mol. The largest absolute Gasteiger partial charge is 0.478 e. The lowest BCUT2D eigenvalue weighted by Gasteiger charge is -2.30. The van der Waals surface area contributed by atoms with E-state index in [9.17, 15) is 9.59 Å². The van der Waals surface area contributed by atoms with Crippen molar-refractivity contribution in [2.24, 2.45) is 5.92 Å². The van der Waals surface area contributed by atoms with Crippen LogP contribution in [-0.2, 0) is 4.74 Å². The number of aromatic carboxylic acids is 1. The summed E-state index contributed by atoms with van der Waals surface area (Å²) >= 11 is 0. The van der Waals surface area contributed by atoms with E-state index in [1.165, 1.54) is 0 Å². The summed E-state index contributed by atoms with van der Waals surface area (Å²) in [5, 5.41) is 15.3. The van der Waals surface area contributed by atoms with Gasteiger partial charge in [-0.2, -0.15) is 0 Å². The first-order chi connectivity index (χ1) is 11.7. The van der Waals surface area contributed by atoms with Gasteiger partial charge in [0.25, 0.3) is 0 Å². The SMILES string of the molecule is CC(C)(C)OC(=O)N[C@H]1CC[C@H](CNc2cccc(C(=O)O)c2)CC1. The maximum absolute atomic E-state index is 11.8. The molecular formula is C19H28N2O4. The number of anilines is 1. The molecule has 0 saturated heterocycles. The molecule has 1 aliphatic carbocycles. The number of ether oxygens (including phenoxy) is 1. The van der Waals surface area contributed by atoms with Gasteiger partial charge in [-0.15, -0.1) is 0 Å². The second kappa shape index (κ2) is 8.23. The van der Waals surface area contributed by atoms with Gasteiger partial charge in [-0.25, -0.2) is 9.59 Å². The van der Waals surface area contributed by atoms with Crippen molar-refractivity contribution in [1.29, 1.82) is 0 Å². The lowest BCUT2D eigenvalue weighted by Crippen LogP contribution is -2.41. The van der Waals surface area contributed by atoms with Crippen LogP contribution < -0.4 is 10.6 Å². The number of carboxylic acids is 1. The topological polar surface area (TPSA) is 87.7 Å². The summed E-state index contributed by atoms with van der Waals surface area (Å²) in [6.45, 7) is 6.37. The van der Waals surface area contributed by atoms with Crippen molar-refractivity contribution in [3.63, 3.8) is 0 Å². The first kappa shape index (κ1) is 19.1. The van der Waals surface area contributed by atoms with Crippen LogP contribution in [0.25, 0.3) is 0 Å². The molecule has 138 valence electrons. The average Bonchev–Trinajstić information content (AvgIpc) is 2.52. The summed E-state index contributed by atoms with van der Waals surface area (Å²) in [7, 11) is 0. The first-order valence-electron chi connectivity index (χ1n) is 8.79. The van der Waals surface area contributed by atoms with Gasteiger partial charge in [0.15, 0.2) is 0 Å². The van der Waals surface area contributed by atoms with Crippen molar-refractivity contribution < 1.29 is 19.4 Å². The normalized spacial score (nSPS) is 20.6. The molecule has 1 amide bonds. The summed E-state index contributed by atoms with van der Waals surface area (Å²) in [6, 6.07) is 7.02. The molecule has 0 atom stereocenters. The predicted octanol–water partition coefficient (Wildman–Crippen LogP) is 3.88. The zero-order valence-electron chi connectivity index (χ0n) is 15.2. The summed E-state index contributed by atoms with van der Waals surface area (Å²) in [5.41, 5.74) is 0.638. The van der Waals surface area contributed by atoms with Gasteiger partial charge in [0.1, 0.15) is 5.60 Å².